The van der Waals surface area contributed by atoms with E-state index in [1.54, 1.807) is 0 Å². The maximum atomic E-state index is 4.88. The van der Waals surface area contributed by atoms with Gasteiger partial charge in [-0.15, -0.1) is 0 Å². The van der Waals surface area contributed by atoms with E-state index in [9.17, 15) is 0 Å². The summed E-state index contributed by atoms with van der Waals surface area (Å²) >= 11 is 7.18. The van der Waals surface area contributed by atoms with E-state index >= 15 is 0 Å². The van der Waals surface area contributed by atoms with Gasteiger partial charge in [0.1, 0.15) is 5.82 Å². The van der Waals surface area contributed by atoms with E-state index in [-0.39, 0.29) is 0 Å². The zero-order chi connectivity index (χ0) is 15.1. The molecule has 1 N–H and O–H groups in total. The van der Waals surface area contributed by atoms with Crippen LogP contribution >= 0.6 is 31.9 Å². The van der Waals surface area contributed by atoms with Crippen molar-refractivity contribution >= 4 is 37.7 Å². The van der Waals surface area contributed by atoms with Gasteiger partial charge in [0.15, 0.2) is 0 Å². The first-order valence-electron chi connectivity index (χ1n) is 7.10. The second-order valence-corrected chi connectivity index (χ2v) is 6.99. The summed E-state index contributed by atoms with van der Waals surface area (Å²) in [5, 5.41) is 8.34. The predicted octanol–water partition coefficient (Wildman–Crippen LogP) is 5.03. The molecule has 2 aromatic carbocycles. The van der Waals surface area contributed by atoms with Crippen molar-refractivity contribution in [1.29, 1.82) is 0 Å². The van der Waals surface area contributed by atoms with E-state index in [2.05, 4.69) is 61.4 Å². The highest BCUT2D eigenvalue weighted by Crippen LogP contribution is 2.37. The number of benzene rings is 2. The smallest absolute Gasteiger partial charge is 0.133 e. The molecule has 1 aliphatic rings. The number of fused-ring (bicyclic) bond motifs is 1. The number of aromatic nitrogens is 2. The van der Waals surface area contributed by atoms with Crippen molar-refractivity contribution in [2.45, 2.75) is 6.42 Å². The molecular weight excluding hydrogens is 406 g/mol. The fourth-order valence-corrected chi connectivity index (χ4v) is 3.70. The number of nitrogens with one attached hydrogen (secondary N) is 1. The van der Waals surface area contributed by atoms with Gasteiger partial charge in [-0.3, -0.25) is 0 Å². The van der Waals surface area contributed by atoms with Gasteiger partial charge in [-0.25, -0.2) is 4.68 Å². The number of halogens is 2. The normalized spacial score (nSPS) is 13.0. The number of nitrogens with zero attached hydrogens (tertiary/aromatic N) is 2. The lowest BCUT2D eigenvalue weighted by molar-refractivity contribution is 0.881. The largest absolute Gasteiger partial charge is 0.369 e. The van der Waals surface area contributed by atoms with Gasteiger partial charge >= 0.3 is 0 Å². The number of hydrogen-bond acceptors (Lipinski definition) is 2. The van der Waals surface area contributed by atoms with Crippen molar-refractivity contribution in [3.8, 4) is 16.9 Å². The minimum atomic E-state index is 0.957. The molecule has 0 bridgehead atoms. The summed E-state index contributed by atoms with van der Waals surface area (Å²) in [6, 6.07) is 16.4. The fourth-order valence-electron chi connectivity index (χ4n) is 2.84. The molecule has 4 rings (SSSR count). The average Bonchev–Trinajstić information content (AvgIpc) is 3.10. The minimum absolute atomic E-state index is 0.957. The first-order chi connectivity index (χ1) is 10.7. The van der Waals surface area contributed by atoms with Crippen LogP contribution in [0, 0.1) is 0 Å². The zero-order valence-electron chi connectivity index (χ0n) is 11.7. The molecule has 0 unspecified atom stereocenters. The molecule has 0 fully saturated rings. The molecule has 0 radical (unpaired) electrons. The summed E-state index contributed by atoms with van der Waals surface area (Å²) < 4.78 is 4.13. The van der Waals surface area contributed by atoms with Gasteiger partial charge in [0.05, 0.1) is 11.4 Å². The Hall–Kier alpha value is -1.59. The molecule has 3 nitrogen and oxygen atoms in total. The van der Waals surface area contributed by atoms with Gasteiger partial charge < -0.3 is 5.32 Å². The number of anilines is 1. The molecular formula is C17H13Br2N3. The predicted molar refractivity (Wildman–Crippen MR) is 96.6 cm³/mol. The Kier molecular flexibility index (Phi) is 3.54. The second-order valence-electron chi connectivity index (χ2n) is 5.22. The lowest BCUT2D eigenvalue weighted by Crippen LogP contribution is -2.04. The summed E-state index contributed by atoms with van der Waals surface area (Å²) in [6.45, 7) is 0.957. The quantitative estimate of drug-likeness (QED) is 0.632. The molecule has 2 heterocycles. The summed E-state index contributed by atoms with van der Waals surface area (Å²) in [4.78, 5) is 0. The van der Waals surface area contributed by atoms with E-state index in [4.69, 9.17) is 5.10 Å². The van der Waals surface area contributed by atoms with Crippen molar-refractivity contribution < 1.29 is 0 Å². The molecule has 0 amide bonds. The van der Waals surface area contributed by atoms with E-state index in [0.29, 0.717) is 0 Å². The molecule has 0 aliphatic carbocycles. The Morgan fingerprint density at radius 3 is 2.73 bits per heavy atom. The third-order valence-corrected chi connectivity index (χ3v) is 5.02. The Balaban J connectivity index is 1.93. The minimum Gasteiger partial charge on any atom is -0.369 e. The van der Waals surface area contributed by atoms with Crippen LogP contribution in [0.3, 0.4) is 0 Å². The molecule has 22 heavy (non-hydrogen) atoms. The highest BCUT2D eigenvalue weighted by molar-refractivity contribution is 9.10. The summed E-state index contributed by atoms with van der Waals surface area (Å²) in [7, 11) is 0. The van der Waals surface area contributed by atoms with Crippen LogP contribution in [-0.4, -0.2) is 16.3 Å². The van der Waals surface area contributed by atoms with Gasteiger partial charge in [0.2, 0.25) is 0 Å². The highest BCUT2D eigenvalue weighted by atomic mass is 79.9. The Labute approximate surface area is 145 Å². The summed E-state index contributed by atoms with van der Waals surface area (Å²) in [5.74, 6) is 1.10. The topological polar surface area (TPSA) is 29.9 Å². The van der Waals surface area contributed by atoms with E-state index in [1.165, 1.54) is 5.56 Å². The standard InChI is InChI=1S/C17H13Br2N3/c18-11-4-3-5-12(10-11)22-17-14(8-9-20-17)16(21-22)13-6-1-2-7-15(13)19/h1-7,10,20H,8-9H2. The lowest BCUT2D eigenvalue weighted by atomic mass is 10.1. The molecule has 0 saturated heterocycles. The molecule has 1 aliphatic heterocycles. The molecule has 5 heteroatoms. The third kappa shape index (κ3) is 2.29. The fraction of sp³-hybridized carbons (Fsp3) is 0.118. The highest BCUT2D eigenvalue weighted by Gasteiger charge is 2.24. The molecule has 1 aromatic heterocycles. The lowest BCUT2D eigenvalue weighted by Gasteiger charge is -2.07. The summed E-state index contributed by atoms with van der Waals surface area (Å²) in [6.07, 6.45) is 1.00. The van der Waals surface area contributed by atoms with Crippen LogP contribution in [0.25, 0.3) is 16.9 Å². The Bertz CT molecular complexity index is 855. The van der Waals surface area contributed by atoms with Crippen LogP contribution in [0.15, 0.2) is 57.5 Å². The monoisotopic (exact) mass is 417 g/mol. The van der Waals surface area contributed by atoms with Crippen LogP contribution < -0.4 is 5.32 Å². The van der Waals surface area contributed by atoms with Crippen molar-refractivity contribution in [3.63, 3.8) is 0 Å². The SMILES string of the molecule is Brc1cccc(-n2nc(-c3ccccc3Br)c3c2NCC3)c1. The first-order valence-corrected chi connectivity index (χ1v) is 8.69. The van der Waals surface area contributed by atoms with Crippen molar-refractivity contribution in [2.24, 2.45) is 0 Å². The number of rotatable bonds is 2. The molecule has 110 valence electrons. The van der Waals surface area contributed by atoms with Crippen molar-refractivity contribution in [3.05, 3.63) is 63.0 Å². The first kappa shape index (κ1) is 14.0. The molecule has 3 aromatic rings. The van der Waals surface area contributed by atoms with Gasteiger partial charge in [0, 0.05) is 26.6 Å². The van der Waals surface area contributed by atoms with Gasteiger partial charge in [-0.1, -0.05) is 56.1 Å². The second kappa shape index (κ2) is 5.56. The average molecular weight is 419 g/mol. The van der Waals surface area contributed by atoms with Crippen LogP contribution in [0.4, 0.5) is 5.82 Å². The molecule has 0 spiro atoms. The van der Waals surface area contributed by atoms with E-state index < -0.39 is 0 Å². The van der Waals surface area contributed by atoms with Gasteiger partial charge in [-0.05, 0) is 30.7 Å². The van der Waals surface area contributed by atoms with Gasteiger partial charge in [-0.2, -0.15) is 5.10 Å². The van der Waals surface area contributed by atoms with Crippen LogP contribution in [0.1, 0.15) is 5.56 Å². The molecule has 0 atom stereocenters. The van der Waals surface area contributed by atoms with Crippen molar-refractivity contribution in [1.82, 2.24) is 9.78 Å². The Morgan fingerprint density at radius 1 is 1.05 bits per heavy atom. The maximum Gasteiger partial charge on any atom is 0.133 e. The van der Waals surface area contributed by atoms with Crippen LogP contribution in [0.5, 0.6) is 0 Å². The van der Waals surface area contributed by atoms with Gasteiger partial charge in [0.25, 0.3) is 0 Å². The van der Waals surface area contributed by atoms with E-state index in [0.717, 1.165) is 44.7 Å². The maximum absolute atomic E-state index is 4.88. The Morgan fingerprint density at radius 2 is 1.91 bits per heavy atom. The van der Waals surface area contributed by atoms with E-state index in [1.807, 2.05) is 28.9 Å². The third-order valence-electron chi connectivity index (χ3n) is 3.83. The zero-order valence-corrected chi connectivity index (χ0v) is 14.9. The number of hydrogen-bond donors (Lipinski definition) is 1. The summed E-state index contributed by atoms with van der Waals surface area (Å²) in [5.41, 5.74) is 4.52. The van der Waals surface area contributed by atoms with Crippen LogP contribution in [0.2, 0.25) is 0 Å². The van der Waals surface area contributed by atoms with Crippen LogP contribution in [-0.2, 0) is 6.42 Å². The molecule has 0 saturated carbocycles. The van der Waals surface area contributed by atoms with Crippen molar-refractivity contribution in [2.75, 3.05) is 11.9 Å².